The molecule has 8 heteroatoms. The lowest BCUT2D eigenvalue weighted by atomic mass is 10.1. The molecule has 178 valence electrons. The number of nitrogens with one attached hydrogen (secondary N) is 1. The number of aryl methyl sites for hydroxylation is 1. The van der Waals surface area contributed by atoms with Crippen molar-refractivity contribution in [3.05, 3.63) is 80.0 Å². The van der Waals surface area contributed by atoms with Crippen LogP contribution in [0.25, 0.3) is 16.7 Å². The number of rotatable bonds is 7. The molecule has 0 saturated heterocycles. The average molecular weight is 462 g/mol. The molecular weight excluding hydrogens is 430 g/mol. The highest BCUT2D eigenvalue weighted by Crippen LogP contribution is 2.16. The van der Waals surface area contributed by atoms with Crippen LogP contribution in [0.2, 0.25) is 0 Å². The molecule has 2 aromatic carbocycles. The minimum Gasteiger partial charge on any atom is -0.350 e. The van der Waals surface area contributed by atoms with Crippen molar-refractivity contribution in [3.8, 4) is 0 Å². The Morgan fingerprint density at radius 3 is 2.53 bits per heavy atom. The Hall–Kier alpha value is -3.68. The maximum absolute atomic E-state index is 13.5. The van der Waals surface area contributed by atoms with Gasteiger partial charge in [-0.1, -0.05) is 50.6 Å². The van der Waals surface area contributed by atoms with E-state index in [1.807, 2.05) is 58.9 Å². The maximum atomic E-state index is 13.5. The fraction of sp³-hybridized carbons (Fsp3) is 0.385. The largest absolute Gasteiger partial charge is 0.352 e. The van der Waals surface area contributed by atoms with Gasteiger partial charge in [0, 0.05) is 18.2 Å². The van der Waals surface area contributed by atoms with Gasteiger partial charge in [0.2, 0.25) is 5.78 Å². The van der Waals surface area contributed by atoms with Crippen LogP contribution in [0.15, 0.2) is 52.1 Å². The van der Waals surface area contributed by atoms with Crippen molar-refractivity contribution in [2.75, 3.05) is 0 Å². The molecular formula is C26H31N5O3. The molecule has 34 heavy (non-hydrogen) atoms. The number of amides is 1. The zero-order valence-electron chi connectivity index (χ0n) is 20.3. The Morgan fingerprint density at radius 1 is 1.09 bits per heavy atom. The van der Waals surface area contributed by atoms with E-state index in [0.717, 1.165) is 17.5 Å². The number of benzene rings is 2. The highest BCUT2D eigenvalue weighted by atomic mass is 16.2. The Labute approximate surface area is 197 Å². The van der Waals surface area contributed by atoms with Crippen LogP contribution in [-0.4, -0.2) is 30.7 Å². The first-order chi connectivity index (χ1) is 16.2. The molecule has 0 aliphatic carbocycles. The van der Waals surface area contributed by atoms with E-state index in [1.165, 1.54) is 9.08 Å². The second-order valence-electron chi connectivity index (χ2n) is 9.39. The van der Waals surface area contributed by atoms with Crippen molar-refractivity contribution in [1.29, 1.82) is 0 Å². The van der Waals surface area contributed by atoms with Crippen LogP contribution >= 0.6 is 0 Å². The first-order valence-corrected chi connectivity index (χ1v) is 11.7. The van der Waals surface area contributed by atoms with E-state index in [9.17, 15) is 14.4 Å². The summed E-state index contributed by atoms with van der Waals surface area (Å²) in [5, 5.41) is 7.88. The topological polar surface area (TPSA) is 90.4 Å². The molecule has 0 radical (unpaired) electrons. The minimum absolute atomic E-state index is 0.0158. The van der Waals surface area contributed by atoms with Crippen LogP contribution in [0.1, 0.15) is 55.6 Å². The average Bonchev–Trinajstić information content (AvgIpc) is 3.11. The number of nitrogens with zero attached hydrogens (tertiary/aromatic N) is 4. The highest BCUT2D eigenvalue weighted by molar-refractivity contribution is 5.98. The third-order valence-electron chi connectivity index (χ3n) is 5.99. The quantitative estimate of drug-likeness (QED) is 0.457. The van der Waals surface area contributed by atoms with E-state index in [0.29, 0.717) is 23.0 Å². The maximum Gasteiger partial charge on any atom is 0.352 e. The van der Waals surface area contributed by atoms with E-state index in [2.05, 4.69) is 10.4 Å². The second-order valence-corrected chi connectivity index (χ2v) is 9.39. The van der Waals surface area contributed by atoms with Gasteiger partial charge in [-0.05, 0) is 49.9 Å². The summed E-state index contributed by atoms with van der Waals surface area (Å²) in [6.45, 7) is 10.7. The summed E-state index contributed by atoms with van der Waals surface area (Å²) in [7, 11) is 0. The van der Waals surface area contributed by atoms with Crippen molar-refractivity contribution >= 4 is 22.6 Å². The molecule has 2 aromatic heterocycles. The van der Waals surface area contributed by atoms with Gasteiger partial charge in [0.25, 0.3) is 11.5 Å². The normalized spacial score (nSPS) is 12.5. The fourth-order valence-corrected chi connectivity index (χ4v) is 4.08. The van der Waals surface area contributed by atoms with Gasteiger partial charge in [-0.15, -0.1) is 5.10 Å². The zero-order valence-corrected chi connectivity index (χ0v) is 20.3. The lowest BCUT2D eigenvalue weighted by Gasteiger charge is -2.14. The molecule has 1 atom stereocenters. The summed E-state index contributed by atoms with van der Waals surface area (Å²) in [5.41, 5.74) is 2.25. The van der Waals surface area contributed by atoms with Crippen LogP contribution in [-0.2, 0) is 13.1 Å². The Balaban J connectivity index is 1.96. The number of carbonyl (C=O) groups is 1. The summed E-state index contributed by atoms with van der Waals surface area (Å²) in [5.74, 6) is 0.218. The third-order valence-corrected chi connectivity index (χ3v) is 5.99. The number of hydrogen-bond acceptors (Lipinski definition) is 4. The van der Waals surface area contributed by atoms with E-state index in [1.54, 1.807) is 22.8 Å². The molecule has 0 bridgehead atoms. The third kappa shape index (κ3) is 4.40. The Morgan fingerprint density at radius 2 is 1.85 bits per heavy atom. The molecule has 0 saturated carbocycles. The van der Waals surface area contributed by atoms with E-state index in [-0.39, 0.29) is 41.4 Å². The van der Waals surface area contributed by atoms with Crippen LogP contribution in [0.4, 0.5) is 0 Å². The molecule has 0 aliphatic heterocycles. The van der Waals surface area contributed by atoms with Gasteiger partial charge < -0.3 is 5.32 Å². The van der Waals surface area contributed by atoms with Gasteiger partial charge in [-0.25, -0.2) is 13.9 Å². The van der Waals surface area contributed by atoms with Crippen LogP contribution in [0, 0.1) is 12.8 Å². The SMILES string of the molecule is CCC(C)NC(=O)c1ccc2c(=O)n(CC(C)C)c3nn(Cc4cccc(C)c4)c(=O)n3c2c1. The monoisotopic (exact) mass is 461 g/mol. The van der Waals surface area contributed by atoms with Crippen LogP contribution in [0.5, 0.6) is 0 Å². The van der Waals surface area contributed by atoms with Crippen LogP contribution < -0.4 is 16.6 Å². The second kappa shape index (κ2) is 9.29. The number of aromatic nitrogens is 4. The van der Waals surface area contributed by atoms with Gasteiger partial charge in [0.15, 0.2) is 0 Å². The summed E-state index contributed by atoms with van der Waals surface area (Å²) in [6.07, 6.45) is 0.800. The molecule has 2 heterocycles. The smallest absolute Gasteiger partial charge is 0.350 e. The first kappa shape index (κ1) is 23.5. The molecule has 4 aromatic rings. The molecule has 8 nitrogen and oxygen atoms in total. The molecule has 1 amide bonds. The van der Waals surface area contributed by atoms with Gasteiger partial charge in [0.1, 0.15) is 0 Å². The predicted octanol–water partition coefficient (Wildman–Crippen LogP) is 3.35. The molecule has 4 rings (SSSR count). The van der Waals surface area contributed by atoms with Gasteiger partial charge in [-0.3, -0.25) is 14.2 Å². The zero-order chi connectivity index (χ0) is 24.6. The molecule has 0 spiro atoms. The van der Waals surface area contributed by atoms with E-state index >= 15 is 0 Å². The molecule has 0 fully saturated rings. The van der Waals surface area contributed by atoms with Crippen molar-refractivity contribution in [3.63, 3.8) is 0 Å². The first-order valence-electron chi connectivity index (χ1n) is 11.7. The summed E-state index contributed by atoms with van der Waals surface area (Å²) in [6, 6.07) is 12.8. The van der Waals surface area contributed by atoms with Crippen molar-refractivity contribution in [1.82, 2.24) is 24.1 Å². The van der Waals surface area contributed by atoms with E-state index in [4.69, 9.17) is 0 Å². The molecule has 1 N–H and O–H groups in total. The number of carbonyl (C=O) groups excluding carboxylic acids is 1. The van der Waals surface area contributed by atoms with Crippen molar-refractivity contribution in [2.24, 2.45) is 5.92 Å². The fourth-order valence-electron chi connectivity index (χ4n) is 4.08. The highest BCUT2D eigenvalue weighted by Gasteiger charge is 2.20. The predicted molar refractivity (Wildman–Crippen MR) is 134 cm³/mol. The van der Waals surface area contributed by atoms with Gasteiger partial charge in [0.05, 0.1) is 17.4 Å². The standard InChI is InChI=1S/C26H31N5O3/c1-6-18(5)27-23(32)20-10-11-21-22(13-20)31-25(29(24(21)33)14-16(2)3)28-30(26(31)34)15-19-9-7-8-17(4)12-19/h7-13,16,18H,6,14-15H2,1-5H3,(H,27,32). The summed E-state index contributed by atoms with van der Waals surface area (Å²) < 4.78 is 4.39. The lowest BCUT2D eigenvalue weighted by molar-refractivity contribution is 0.0939. The Bertz CT molecular complexity index is 1490. The van der Waals surface area contributed by atoms with Crippen molar-refractivity contribution < 1.29 is 4.79 Å². The summed E-state index contributed by atoms with van der Waals surface area (Å²) >= 11 is 0. The van der Waals surface area contributed by atoms with Crippen LogP contribution in [0.3, 0.4) is 0 Å². The molecule has 0 aliphatic rings. The van der Waals surface area contributed by atoms with Gasteiger partial charge in [-0.2, -0.15) is 0 Å². The molecule has 1 unspecified atom stereocenters. The number of fused-ring (bicyclic) bond motifs is 3. The van der Waals surface area contributed by atoms with Gasteiger partial charge >= 0.3 is 5.69 Å². The lowest BCUT2D eigenvalue weighted by Crippen LogP contribution is -2.32. The minimum atomic E-state index is -0.349. The van der Waals surface area contributed by atoms with E-state index < -0.39 is 0 Å². The summed E-state index contributed by atoms with van der Waals surface area (Å²) in [4.78, 5) is 39.7. The Kier molecular flexibility index (Phi) is 6.41. The number of hydrogen-bond donors (Lipinski definition) is 1. The van der Waals surface area contributed by atoms with Crippen molar-refractivity contribution in [2.45, 2.75) is 60.2 Å².